The van der Waals surface area contributed by atoms with Crippen molar-refractivity contribution in [1.82, 2.24) is 9.97 Å². The number of hydrogen-bond donors (Lipinski definition) is 4. The van der Waals surface area contributed by atoms with Gasteiger partial charge in [-0.15, -0.1) is 0 Å². The summed E-state index contributed by atoms with van der Waals surface area (Å²) in [5.41, 5.74) is 5.32. The van der Waals surface area contributed by atoms with E-state index in [0.29, 0.717) is 0 Å². The van der Waals surface area contributed by atoms with Gasteiger partial charge in [-0.2, -0.15) is 0 Å². The maximum atomic E-state index is 12.1. The van der Waals surface area contributed by atoms with Crippen molar-refractivity contribution in [2.75, 3.05) is 0 Å². The minimum Gasteiger partial charge on any atom is -0.393 e. The Kier molecular flexibility index (Phi) is 9.35. The third-order valence-corrected chi connectivity index (χ3v) is 6.76. The SMILES string of the molecule is CC(O)CC(C)(O)C(c1cc(C(C)(C)C)[nH]c1C(C)(C)C)c1cc(C(C)(C)C)[nH]c1C(C)(C)C.[Ti]. The van der Waals surface area contributed by atoms with Crippen LogP contribution in [0.15, 0.2) is 12.1 Å². The largest absolute Gasteiger partial charge is 0.393 e. The molecule has 4 N–H and O–H groups in total. The zero-order valence-corrected chi connectivity index (χ0v) is 26.5. The second-order valence-corrected chi connectivity index (χ2v) is 14.9. The van der Waals surface area contributed by atoms with Crippen LogP contribution in [0.3, 0.4) is 0 Å². The third kappa shape index (κ3) is 7.37. The Balaban J connectivity index is 0.00000612. The van der Waals surface area contributed by atoms with Gasteiger partial charge in [0.2, 0.25) is 0 Å². The topological polar surface area (TPSA) is 72.0 Å². The molecule has 0 fully saturated rings. The summed E-state index contributed by atoms with van der Waals surface area (Å²) >= 11 is 0. The molecule has 2 unspecified atom stereocenters. The number of aromatic nitrogens is 2. The molecule has 0 bridgehead atoms. The molecule has 0 amide bonds. The molecule has 2 aromatic heterocycles. The van der Waals surface area contributed by atoms with Crippen molar-refractivity contribution in [3.05, 3.63) is 46.0 Å². The molecule has 0 saturated heterocycles. The van der Waals surface area contributed by atoms with E-state index in [-0.39, 0.29) is 55.7 Å². The van der Waals surface area contributed by atoms with E-state index >= 15 is 0 Å². The Morgan fingerprint density at radius 3 is 1.20 bits per heavy atom. The summed E-state index contributed by atoms with van der Waals surface area (Å²) in [5, 5.41) is 22.5. The van der Waals surface area contributed by atoms with Crippen LogP contribution in [0.2, 0.25) is 0 Å². The summed E-state index contributed by atoms with van der Waals surface area (Å²) in [6.07, 6.45) is -0.326. The average Bonchev–Trinajstić information content (AvgIpc) is 3.16. The molecule has 2 aromatic rings. The van der Waals surface area contributed by atoms with Crippen LogP contribution in [-0.2, 0) is 43.4 Å². The Hall–Kier alpha value is -0.806. The number of H-pyrrole nitrogens is 2. The van der Waals surface area contributed by atoms with Crippen molar-refractivity contribution in [2.45, 2.75) is 143 Å². The average molecular weight is 521 g/mol. The van der Waals surface area contributed by atoms with E-state index in [1.54, 1.807) is 6.92 Å². The summed E-state index contributed by atoms with van der Waals surface area (Å²) in [6, 6.07) is 4.52. The van der Waals surface area contributed by atoms with Crippen LogP contribution >= 0.6 is 0 Å². The third-order valence-electron chi connectivity index (χ3n) is 6.76. The molecule has 0 radical (unpaired) electrons. The Morgan fingerprint density at radius 2 is 0.971 bits per heavy atom. The molecular formula is C30H52N2O2Ti. The first-order valence-corrected chi connectivity index (χ1v) is 12.8. The van der Waals surface area contributed by atoms with Crippen LogP contribution in [0.5, 0.6) is 0 Å². The summed E-state index contributed by atoms with van der Waals surface area (Å²) in [6.45, 7) is 30.3. The molecule has 2 heterocycles. The van der Waals surface area contributed by atoms with Crippen molar-refractivity contribution in [1.29, 1.82) is 0 Å². The molecule has 35 heavy (non-hydrogen) atoms. The van der Waals surface area contributed by atoms with E-state index in [1.807, 2.05) is 6.92 Å². The standard InChI is InChI=1S/C30H52N2O2.Ti/c1-18(33)17-30(14,34)23(19-15-21(26(2,3)4)31-24(19)28(8,9)10)20-16-22(27(5,6)7)32-25(20)29(11,12)13;/h15-16,18,23,31-34H,17H2,1-14H3;. The zero-order chi connectivity index (χ0) is 26.7. The first-order chi connectivity index (χ1) is 15.0. The Morgan fingerprint density at radius 1 is 0.657 bits per heavy atom. The Labute approximate surface area is 230 Å². The van der Waals surface area contributed by atoms with E-state index in [0.717, 1.165) is 33.9 Å². The van der Waals surface area contributed by atoms with Crippen molar-refractivity contribution in [3.63, 3.8) is 0 Å². The van der Waals surface area contributed by atoms with Gasteiger partial charge in [0.05, 0.1) is 11.7 Å². The van der Waals surface area contributed by atoms with Crippen LogP contribution in [-0.4, -0.2) is 31.9 Å². The van der Waals surface area contributed by atoms with Gasteiger partial charge in [-0.05, 0) is 37.1 Å². The summed E-state index contributed by atoms with van der Waals surface area (Å²) in [5.74, 6) is -0.301. The first kappa shape index (κ1) is 32.2. The number of aliphatic hydroxyl groups excluding tert-OH is 1. The molecule has 0 aliphatic heterocycles. The first-order valence-electron chi connectivity index (χ1n) is 12.8. The number of nitrogens with one attached hydrogen (secondary N) is 2. The van der Waals surface area contributed by atoms with E-state index in [2.05, 4.69) is 105 Å². The molecule has 4 nitrogen and oxygen atoms in total. The normalized spacial score (nSPS) is 16.3. The fourth-order valence-electron chi connectivity index (χ4n) is 5.00. The number of hydrogen-bond acceptors (Lipinski definition) is 2. The Bertz CT molecular complexity index is 913. The van der Waals surface area contributed by atoms with Gasteiger partial charge in [0.1, 0.15) is 0 Å². The van der Waals surface area contributed by atoms with Crippen LogP contribution in [0, 0.1) is 0 Å². The second kappa shape index (κ2) is 10.2. The van der Waals surface area contributed by atoms with Crippen molar-refractivity contribution < 1.29 is 31.9 Å². The quantitative estimate of drug-likeness (QED) is 0.315. The fraction of sp³-hybridized carbons (Fsp3) is 0.733. The molecule has 0 spiro atoms. The molecule has 198 valence electrons. The molecule has 0 aliphatic rings. The molecule has 0 saturated carbocycles. The predicted octanol–water partition coefficient (Wildman–Crippen LogP) is 7.18. The van der Waals surface area contributed by atoms with Gasteiger partial charge in [-0.25, -0.2) is 0 Å². The van der Waals surface area contributed by atoms with Gasteiger partial charge in [-0.3, -0.25) is 0 Å². The summed E-state index contributed by atoms with van der Waals surface area (Å²) in [4.78, 5) is 7.50. The van der Waals surface area contributed by atoms with Crippen molar-refractivity contribution in [2.24, 2.45) is 0 Å². The smallest absolute Gasteiger partial charge is 0.0754 e. The van der Waals surface area contributed by atoms with Gasteiger partial charge in [0, 0.05) is 78.5 Å². The minimum atomic E-state index is -1.15. The van der Waals surface area contributed by atoms with E-state index < -0.39 is 11.7 Å². The van der Waals surface area contributed by atoms with E-state index in [4.69, 9.17) is 0 Å². The molecule has 2 rings (SSSR count). The molecule has 0 aliphatic carbocycles. The van der Waals surface area contributed by atoms with E-state index in [9.17, 15) is 10.2 Å². The molecular weight excluding hydrogens is 468 g/mol. The number of aliphatic hydroxyl groups is 2. The number of rotatable bonds is 5. The fourth-order valence-corrected chi connectivity index (χ4v) is 5.00. The van der Waals surface area contributed by atoms with Gasteiger partial charge in [0.15, 0.2) is 0 Å². The van der Waals surface area contributed by atoms with Crippen LogP contribution < -0.4 is 0 Å². The molecule has 5 heteroatoms. The van der Waals surface area contributed by atoms with Gasteiger partial charge in [0.25, 0.3) is 0 Å². The summed E-state index contributed by atoms with van der Waals surface area (Å²) < 4.78 is 0. The van der Waals surface area contributed by atoms with Crippen molar-refractivity contribution in [3.8, 4) is 0 Å². The summed E-state index contributed by atoms with van der Waals surface area (Å²) in [7, 11) is 0. The predicted molar refractivity (Wildman–Crippen MR) is 145 cm³/mol. The monoisotopic (exact) mass is 520 g/mol. The maximum Gasteiger partial charge on any atom is 0.0754 e. The van der Waals surface area contributed by atoms with Gasteiger partial charge >= 0.3 is 0 Å². The van der Waals surface area contributed by atoms with Crippen LogP contribution in [0.4, 0.5) is 0 Å². The van der Waals surface area contributed by atoms with Gasteiger partial charge in [-0.1, -0.05) is 83.1 Å². The van der Waals surface area contributed by atoms with Crippen LogP contribution in [0.1, 0.15) is 143 Å². The maximum absolute atomic E-state index is 12.1. The van der Waals surface area contributed by atoms with E-state index in [1.165, 1.54) is 0 Å². The molecule has 2 atom stereocenters. The minimum absolute atomic E-state index is 0. The van der Waals surface area contributed by atoms with Crippen molar-refractivity contribution >= 4 is 0 Å². The number of aromatic amines is 2. The van der Waals surface area contributed by atoms with Crippen LogP contribution in [0.25, 0.3) is 0 Å². The van der Waals surface area contributed by atoms with Gasteiger partial charge < -0.3 is 20.2 Å². The second-order valence-electron chi connectivity index (χ2n) is 14.9. The molecule has 0 aromatic carbocycles. The zero-order valence-electron chi connectivity index (χ0n) is 24.9.